The number of phenols is 1. The summed E-state index contributed by atoms with van der Waals surface area (Å²) in [6, 6.07) is 24.0. The summed E-state index contributed by atoms with van der Waals surface area (Å²) in [7, 11) is 0. The molecule has 148 valence electrons. The van der Waals surface area contributed by atoms with Crippen molar-refractivity contribution in [3.8, 4) is 18.1 Å². The van der Waals surface area contributed by atoms with E-state index >= 15 is 0 Å². The van der Waals surface area contributed by atoms with Crippen molar-refractivity contribution in [2.75, 3.05) is 0 Å². The molecule has 0 aliphatic heterocycles. The van der Waals surface area contributed by atoms with Gasteiger partial charge in [0.15, 0.2) is 0 Å². The Bertz CT molecular complexity index is 993. The van der Waals surface area contributed by atoms with Crippen LogP contribution in [-0.2, 0) is 6.42 Å². The third-order valence-electron chi connectivity index (χ3n) is 4.54. The third-order valence-corrected chi connectivity index (χ3v) is 5.74. The summed E-state index contributed by atoms with van der Waals surface area (Å²) < 4.78 is 0. The van der Waals surface area contributed by atoms with Crippen molar-refractivity contribution in [3.05, 3.63) is 107 Å². The van der Waals surface area contributed by atoms with Crippen molar-refractivity contribution in [3.63, 3.8) is 0 Å². The number of terminal acetylenes is 1. The first-order chi connectivity index (χ1) is 14.1. The van der Waals surface area contributed by atoms with Crippen LogP contribution in [0, 0.1) is 19.3 Å². The van der Waals surface area contributed by atoms with E-state index in [-0.39, 0.29) is 11.7 Å². The van der Waals surface area contributed by atoms with E-state index in [4.69, 9.17) is 6.42 Å². The van der Waals surface area contributed by atoms with Crippen LogP contribution >= 0.6 is 24.6 Å². The Morgan fingerprint density at radius 3 is 2.52 bits per heavy atom. The molecular weight excluding hydrogens is 394 g/mol. The lowest BCUT2D eigenvalue weighted by atomic mass is 9.91. The van der Waals surface area contributed by atoms with E-state index < -0.39 is 0 Å². The van der Waals surface area contributed by atoms with Crippen LogP contribution in [-0.4, -0.2) is 5.11 Å². The van der Waals surface area contributed by atoms with Gasteiger partial charge in [0.1, 0.15) is 5.75 Å². The van der Waals surface area contributed by atoms with Crippen LogP contribution < -0.4 is 5.14 Å². The van der Waals surface area contributed by atoms with Gasteiger partial charge in [-0.1, -0.05) is 72.8 Å². The molecule has 2 nitrogen and oxygen atoms in total. The molecule has 3 aromatic rings. The molecule has 3 rings (SSSR count). The summed E-state index contributed by atoms with van der Waals surface area (Å²) in [5, 5.41) is 14.0. The number of hydrogen-bond donors (Lipinski definition) is 3. The van der Waals surface area contributed by atoms with Crippen molar-refractivity contribution in [1.82, 2.24) is 0 Å². The second-order valence-electron chi connectivity index (χ2n) is 6.53. The number of hydrogen-bond acceptors (Lipinski definition) is 4. The number of thioether (sulfide) groups is 1. The molecule has 0 saturated carbocycles. The van der Waals surface area contributed by atoms with Gasteiger partial charge in [0.2, 0.25) is 0 Å². The minimum absolute atomic E-state index is 0.144. The molecular formula is C25H25NOS2. The van der Waals surface area contributed by atoms with Crippen LogP contribution in [0.3, 0.4) is 0 Å². The average Bonchev–Trinajstić information content (AvgIpc) is 2.76. The molecule has 0 aromatic heterocycles. The molecule has 0 spiro atoms. The summed E-state index contributed by atoms with van der Waals surface area (Å²) in [6.45, 7) is 6.42. The maximum absolute atomic E-state index is 9.84. The molecule has 0 fully saturated rings. The zero-order valence-corrected chi connectivity index (χ0v) is 18.1. The first-order valence-corrected chi connectivity index (χ1v) is 10.4. The van der Waals surface area contributed by atoms with Crippen LogP contribution in [0.5, 0.6) is 5.75 Å². The number of aromatic hydroxyl groups is 1. The Kier molecular flexibility index (Phi) is 8.95. The van der Waals surface area contributed by atoms with Gasteiger partial charge < -0.3 is 5.11 Å². The summed E-state index contributed by atoms with van der Waals surface area (Å²) >= 11 is 4.65. The van der Waals surface area contributed by atoms with Crippen LogP contribution in [0.4, 0.5) is 0 Å². The number of thiol groups is 1. The number of benzene rings is 3. The van der Waals surface area contributed by atoms with E-state index in [0.29, 0.717) is 0 Å². The van der Waals surface area contributed by atoms with Gasteiger partial charge in [-0.25, -0.2) is 0 Å². The largest absolute Gasteiger partial charge is 0.508 e. The van der Waals surface area contributed by atoms with Crippen molar-refractivity contribution in [2.24, 2.45) is 5.14 Å². The van der Waals surface area contributed by atoms with Crippen molar-refractivity contribution in [1.29, 1.82) is 0 Å². The molecule has 0 bridgehead atoms. The second-order valence-corrected chi connectivity index (χ2v) is 7.70. The predicted molar refractivity (Wildman–Crippen MR) is 128 cm³/mol. The first-order valence-electron chi connectivity index (χ1n) is 9.09. The Labute approximate surface area is 183 Å². The Morgan fingerprint density at radius 2 is 1.83 bits per heavy atom. The highest BCUT2D eigenvalue weighted by atomic mass is 32.2. The lowest BCUT2D eigenvalue weighted by molar-refractivity contribution is 0.473. The molecule has 0 saturated heterocycles. The van der Waals surface area contributed by atoms with Gasteiger partial charge >= 0.3 is 0 Å². The lowest BCUT2D eigenvalue weighted by Gasteiger charge is -2.21. The van der Waals surface area contributed by atoms with Crippen LogP contribution in [0.15, 0.2) is 89.2 Å². The first kappa shape index (κ1) is 22.7. The molecule has 0 aliphatic rings. The molecule has 1 atom stereocenters. The highest BCUT2D eigenvalue weighted by Gasteiger charge is 2.18. The van der Waals surface area contributed by atoms with Crippen molar-refractivity contribution < 1.29 is 5.11 Å². The number of nitrogens with two attached hydrogens (primary N) is 1. The van der Waals surface area contributed by atoms with E-state index in [9.17, 15) is 5.11 Å². The van der Waals surface area contributed by atoms with E-state index in [0.717, 1.165) is 27.3 Å². The molecule has 1 unspecified atom stereocenters. The summed E-state index contributed by atoms with van der Waals surface area (Å²) in [6.07, 6.45) is 6.38. The molecule has 3 aromatic carbocycles. The zero-order valence-electron chi connectivity index (χ0n) is 16.4. The van der Waals surface area contributed by atoms with E-state index in [1.54, 1.807) is 23.9 Å². The number of rotatable bonds is 6. The normalized spacial score (nSPS) is 11.0. The summed E-state index contributed by atoms with van der Waals surface area (Å²) in [5.74, 6) is 3.12. The fraction of sp³-hybridized carbons (Fsp3) is 0.120. The Balaban J connectivity index is 0.00000145. The molecule has 4 heteroatoms. The third kappa shape index (κ3) is 6.47. The molecule has 29 heavy (non-hydrogen) atoms. The van der Waals surface area contributed by atoms with Crippen LogP contribution in [0.25, 0.3) is 0 Å². The minimum atomic E-state index is 0.144. The average molecular weight is 420 g/mol. The standard InChI is InChI=1S/C25H22OS.H3NS/c1-4-20-9-8-10-21(15-20)16-24(22-11-6-5-7-12-22)19(3)27-25-17-23(26)14-13-18(25)2;1-2/h1,5-15,17,24,26H,3,16H2,2H3;2H,1H2. The molecule has 0 aliphatic carbocycles. The molecule has 0 heterocycles. The molecule has 0 amide bonds. The van der Waals surface area contributed by atoms with E-state index in [2.05, 4.69) is 66.9 Å². The van der Waals surface area contributed by atoms with Crippen molar-refractivity contribution >= 4 is 24.6 Å². The molecule has 3 N–H and O–H groups in total. The topological polar surface area (TPSA) is 46.2 Å². The number of allylic oxidation sites excluding steroid dienone is 1. The van der Waals surface area contributed by atoms with Gasteiger partial charge in [0.25, 0.3) is 0 Å². The van der Waals surface area contributed by atoms with Gasteiger partial charge in [-0.05, 0) is 59.2 Å². The SMILES string of the molecule is C#Cc1cccc(CC(C(=C)Sc2cc(O)ccc2C)c2ccccc2)c1.NS. The van der Waals surface area contributed by atoms with Gasteiger partial charge in [-0.15, -0.1) is 19.2 Å². The highest BCUT2D eigenvalue weighted by molar-refractivity contribution is 8.03. The fourth-order valence-corrected chi connectivity index (χ4v) is 4.09. The maximum atomic E-state index is 9.84. The Morgan fingerprint density at radius 1 is 1.10 bits per heavy atom. The quantitative estimate of drug-likeness (QED) is 0.257. The smallest absolute Gasteiger partial charge is 0.116 e. The lowest BCUT2D eigenvalue weighted by Crippen LogP contribution is -2.04. The van der Waals surface area contributed by atoms with Crippen LogP contribution in [0.1, 0.15) is 28.2 Å². The summed E-state index contributed by atoms with van der Waals surface area (Å²) in [4.78, 5) is 2.07. The Hall–Kier alpha value is -2.58. The van der Waals surface area contributed by atoms with E-state index in [1.807, 2.05) is 31.2 Å². The monoisotopic (exact) mass is 419 g/mol. The van der Waals surface area contributed by atoms with Crippen LogP contribution in [0.2, 0.25) is 0 Å². The fourth-order valence-electron chi connectivity index (χ4n) is 3.04. The summed E-state index contributed by atoms with van der Waals surface area (Å²) in [5.41, 5.74) is 4.43. The second kappa shape index (κ2) is 11.4. The van der Waals surface area contributed by atoms with Gasteiger partial charge in [0.05, 0.1) is 0 Å². The van der Waals surface area contributed by atoms with Gasteiger partial charge in [-0.3, -0.25) is 5.14 Å². The zero-order chi connectivity index (χ0) is 21.2. The number of aryl methyl sites for hydroxylation is 1. The van der Waals surface area contributed by atoms with Gasteiger partial charge in [-0.2, -0.15) is 0 Å². The maximum Gasteiger partial charge on any atom is 0.116 e. The minimum Gasteiger partial charge on any atom is -0.508 e. The highest BCUT2D eigenvalue weighted by Crippen LogP contribution is 2.40. The van der Waals surface area contributed by atoms with E-state index in [1.165, 1.54) is 11.1 Å². The van der Waals surface area contributed by atoms with Gasteiger partial charge in [0, 0.05) is 16.4 Å². The number of phenolic OH excluding ortho intramolecular Hbond substituents is 1. The molecule has 0 radical (unpaired) electrons. The predicted octanol–water partition coefficient (Wildman–Crippen LogP) is 6.10. The van der Waals surface area contributed by atoms with Crippen molar-refractivity contribution in [2.45, 2.75) is 24.2 Å².